The Hall–Kier alpha value is -1.66. The summed E-state index contributed by atoms with van der Waals surface area (Å²) < 4.78 is 31.6. The zero-order valence-corrected chi connectivity index (χ0v) is 6.45. The molecule has 0 fully saturated rings. The number of hydrogen-bond acceptors (Lipinski definition) is 5. The van der Waals surface area contributed by atoms with Crippen molar-refractivity contribution in [3.8, 4) is 0 Å². The summed E-state index contributed by atoms with van der Waals surface area (Å²) in [6.45, 7) is 0. The van der Waals surface area contributed by atoms with Gasteiger partial charge in [0.05, 0.1) is 0 Å². The maximum atomic E-state index is 8.74. The van der Waals surface area contributed by atoms with Gasteiger partial charge in [-0.15, -0.1) is 10.1 Å². The fourth-order valence-electron chi connectivity index (χ4n) is 0. The number of nitrogens with zero attached hydrogens (tertiary/aromatic N) is 1. The van der Waals surface area contributed by atoms with Crippen molar-refractivity contribution in [1.82, 2.24) is 0 Å². The molecule has 5 N–H and O–H groups in total. The van der Waals surface area contributed by atoms with Crippen LogP contribution in [0.3, 0.4) is 0 Å². The first-order valence-corrected chi connectivity index (χ1v) is 3.31. The molecule has 80 valence electrons. The average Bonchev–Trinajstić information content (AvgIpc) is 1.50. The van der Waals surface area contributed by atoms with E-state index >= 15 is 0 Å². The SMILES string of the molecule is O=C(O)O.O=S(=O)(O)O.O=[N+]([O-])O. The van der Waals surface area contributed by atoms with Crippen LogP contribution in [0.5, 0.6) is 0 Å². The summed E-state index contributed by atoms with van der Waals surface area (Å²) in [5, 5.41) is 27.6. The highest BCUT2D eigenvalue weighted by Gasteiger charge is 1.84. The summed E-state index contributed by atoms with van der Waals surface area (Å²) in [5.74, 6) is 0. The van der Waals surface area contributed by atoms with E-state index in [4.69, 9.17) is 47.9 Å². The predicted octanol–water partition coefficient (Wildman–Crippen LogP) is -0.778. The fourth-order valence-corrected chi connectivity index (χ4v) is 0. The molecule has 0 bridgehead atoms. The Bertz CT molecular complexity index is 210. The maximum absolute atomic E-state index is 8.74. The standard InChI is InChI=1S/CH2O3.HNO3.H2O4S/c2*2-1(3)4;1-5(2,3)4/h(H2,2,3,4);(H,2,3,4);(H2,1,2,3,4). The largest absolute Gasteiger partial charge is 0.503 e. The lowest BCUT2D eigenvalue weighted by atomic mass is 11.5. The van der Waals surface area contributed by atoms with Crippen molar-refractivity contribution in [2.45, 2.75) is 0 Å². The second-order valence-corrected chi connectivity index (χ2v) is 1.86. The molecule has 0 saturated heterocycles. The zero-order valence-electron chi connectivity index (χ0n) is 5.63. The molecule has 0 atom stereocenters. The van der Waals surface area contributed by atoms with E-state index in [-0.39, 0.29) is 0 Å². The van der Waals surface area contributed by atoms with Gasteiger partial charge in [0.15, 0.2) is 0 Å². The highest BCUT2D eigenvalue weighted by atomic mass is 32.3. The Morgan fingerprint density at radius 3 is 1.23 bits per heavy atom. The first-order valence-electron chi connectivity index (χ1n) is 1.91. The van der Waals surface area contributed by atoms with Crippen LogP contribution >= 0.6 is 0 Å². The van der Waals surface area contributed by atoms with Gasteiger partial charge < -0.3 is 15.4 Å². The van der Waals surface area contributed by atoms with E-state index < -0.39 is 21.6 Å². The predicted molar refractivity (Wildman–Crippen MR) is 33.6 cm³/mol. The minimum atomic E-state index is -4.67. The van der Waals surface area contributed by atoms with Crippen molar-refractivity contribution in [2.75, 3.05) is 0 Å². The molecule has 12 heteroatoms. The summed E-state index contributed by atoms with van der Waals surface area (Å²) in [5.41, 5.74) is 0. The van der Waals surface area contributed by atoms with Crippen LogP contribution in [-0.4, -0.2) is 44.2 Å². The van der Waals surface area contributed by atoms with Gasteiger partial charge in [-0.05, 0) is 0 Å². The van der Waals surface area contributed by atoms with Gasteiger partial charge in [0, 0.05) is 0 Å². The molecule has 0 aliphatic rings. The highest BCUT2D eigenvalue weighted by molar-refractivity contribution is 7.79. The first kappa shape index (κ1) is 17.4. The molecule has 0 rings (SSSR count). The molecule has 0 amide bonds. The van der Waals surface area contributed by atoms with Gasteiger partial charge in [0.25, 0.3) is 5.09 Å². The number of carboxylic acid groups (broad SMARTS) is 2. The van der Waals surface area contributed by atoms with E-state index in [2.05, 4.69) is 0 Å². The molecule has 0 aliphatic carbocycles. The zero-order chi connectivity index (χ0) is 11.7. The van der Waals surface area contributed by atoms with Gasteiger partial charge in [-0.3, -0.25) is 9.11 Å². The molecule has 13 heavy (non-hydrogen) atoms. The van der Waals surface area contributed by atoms with Crippen molar-refractivity contribution in [2.24, 2.45) is 0 Å². The number of rotatable bonds is 0. The Morgan fingerprint density at radius 2 is 1.23 bits per heavy atom. The van der Waals surface area contributed by atoms with Crippen LogP contribution in [0.4, 0.5) is 4.79 Å². The van der Waals surface area contributed by atoms with E-state index in [1.54, 1.807) is 0 Å². The topological polar surface area (TPSA) is 195 Å². The van der Waals surface area contributed by atoms with Gasteiger partial charge in [-0.25, -0.2) is 4.79 Å². The number of hydrogen-bond donors (Lipinski definition) is 5. The van der Waals surface area contributed by atoms with Gasteiger partial charge in [-0.2, -0.15) is 8.42 Å². The van der Waals surface area contributed by atoms with E-state index in [9.17, 15) is 0 Å². The van der Waals surface area contributed by atoms with Gasteiger partial charge in [0.2, 0.25) is 0 Å². The average molecular weight is 223 g/mol. The second kappa shape index (κ2) is 8.44. The van der Waals surface area contributed by atoms with Crippen LogP contribution in [0.1, 0.15) is 0 Å². The van der Waals surface area contributed by atoms with Crippen LogP contribution in [-0.2, 0) is 10.4 Å². The highest BCUT2D eigenvalue weighted by Crippen LogP contribution is 1.59. The van der Waals surface area contributed by atoms with Crippen LogP contribution in [0.2, 0.25) is 0 Å². The van der Waals surface area contributed by atoms with Crippen LogP contribution < -0.4 is 0 Å². The van der Waals surface area contributed by atoms with Crippen LogP contribution in [0, 0.1) is 10.1 Å². The fraction of sp³-hybridized carbons (Fsp3) is 0. The van der Waals surface area contributed by atoms with Gasteiger partial charge in [-0.1, -0.05) is 0 Å². The maximum Gasteiger partial charge on any atom is 0.503 e. The smallest absolute Gasteiger partial charge is 0.450 e. The third-order valence-corrected chi connectivity index (χ3v) is 0. The summed E-state index contributed by atoms with van der Waals surface area (Å²) in [6, 6.07) is 0. The molecule has 0 spiro atoms. The second-order valence-electron chi connectivity index (χ2n) is 0.968. The molecule has 0 heterocycles. The molecule has 0 aromatic rings. The van der Waals surface area contributed by atoms with Gasteiger partial charge in [0.1, 0.15) is 0 Å². The quantitative estimate of drug-likeness (QED) is 0.197. The third kappa shape index (κ3) is 261. The number of carbonyl (C=O) groups is 1. The Labute approximate surface area is 70.5 Å². The summed E-state index contributed by atoms with van der Waals surface area (Å²) in [4.78, 5) is 16.9. The van der Waals surface area contributed by atoms with E-state index in [0.717, 1.165) is 0 Å². The van der Waals surface area contributed by atoms with Crippen molar-refractivity contribution >= 4 is 16.6 Å². The lowest BCUT2D eigenvalue weighted by Gasteiger charge is -1.68. The summed E-state index contributed by atoms with van der Waals surface area (Å²) in [6.07, 6.45) is -1.83. The molecular weight excluding hydrogens is 218 g/mol. The summed E-state index contributed by atoms with van der Waals surface area (Å²) >= 11 is 0. The minimum absolute atomic E-state index is 1.50. The van der Waals surface area contributed by atoms with E-state index in [1.807, 2.05) is 0 Å². The Kier molecular flexibility index (Phi) is 11.3. The van der Waals surface area contributed by atoms with E-state index in [1.165, 1.54) is 0 Å². The normalized spacial score (nSPS) is 8.15. The van der Waals surface area contributed by atoms with Crippen molar-refractivity contribution in [1.29, 1.82) is 0 Å². The lowest BCUT2D eigenvalue weighted by molar-refractivity contribution is -0.742. The van der Waals surface area contributed by atoms with Crippen molar-refractivity contribution in [3.63, 3.8) is 0 Å². The van der Waals surface area contributed by atoms with Crippen LogP contribution in [0.25, 0.3) is 0 Å². The van der Waals surface area contributed by atoms with Crippen molar-refractivity contribution in [3.05, 3.63) is 10.1 Å². The Balaban J connectivity index is -0.000000117. The molecular formula is CH5NO10S. The molecule has 0 saturated carbocycles. The lowest BCUT2D eigenvalue weighted by Crippen LogP contribution is -1.89. The minimum Gasteiger partial charge on any atom is -0.450 e. The molecule has 0 aliphatic heterocycles. The molecule has 0 aromatic heterocycles. The Morgan fingerprint density at radius 1 is 1.23 bits per heavy atom. The third-order valence-electron chi connectivity index (χ3n) is 0. The van der Waals surface area contributed by atoms with Gasteiger partial charge >= 0.3 is 16.6 Å². The first-order chi connectivity index (χ1) is 5.46. The van der Waals surface area contributed by atoms with Crippen molar-refractivity contribution < 1.29 is 42.8 Å². The molecule has 0 unspecified atom stereocenters. The molecule has 0 aromatic carbocycles. The molecule has 11 nitrogen and oxygen atoms in total. The monoisotopic (exact) mass is 223 g/mol. The van der Waals surface area contributed by atoms with E-state index in [0.29, 0.717) is 0 Å². The summed E-state index contributed by atoms with van der Waals surface area (Å²) in [7, 11) is -4.67. The van der Waals surface area contributed by atoms with Crippen LogP contribution in [0.15, 0.2) is 0 Å². The molecule has 0 radical (unpaired) electrons.